The van der Waals surface area contributed by atoms with Crippen LogP contribution in [0.15, 0.2) is 29.3 Å². The van der Waals surface area contributed by atoms with E-state index in [-0.39, 0.29) is 6.54 Å². The van der Waals surface area contributed by atoms with Crippen LogP contribution < -0.4 is 11.1 Å². The lowest BCUT2D eigenvalue weighted by Crippen LogP contribution is -2.32. The van der Waals surface area contributed by atoms with Crippen molar-refractivity contribution in [2.75, 3.05) is 13.1 Å². The second kappa shape index (κ2) is 7.71. The van der Waals surface area contributed by atoms with Crippen LogP contribution in [0.5, 0.6) is 0 Å². The fourth-order valence-corrected chi connectivity index (χ4v) is 1.53. The topological polar surface area (TPSA) is 70.6 Å². The van der Waals surface area contributed by atoms with Gasteiger partial charge in [-0.15, -0.1) is 0 Å². The minimum Gasteiger partial charge on any atom is -0.386 e. The first-order valence-electron chi connectivity index (χ1n) is 6.42. The molecule has 4 N–H and O–H groups in total. The predicted molar refractivity (Wildman–Crippen MR) is 75.5 cm³/mol. The number of guanidine groups is 1. The van der Waals surface area contributed by atoms with Crippen molar-refractivity contribution >= 4 is 5.96 Å². The van der Waals surface area contributed by atoms with Crippen LogP contribution in [0.4, 0.5) is 0 Å². The Hall–Kier alpha value is -1.55. The standard InChI is InChI=1S/C14H23N3O/c1-3-4-9-16-14(15)17-10-13(18)12-7-5-11(2)6-8-12/h5-8,13,18H,3-4,9-10H2,1-2H3,(H3,15,16,17). The first-order valence-corrected chi connectivity index (χ1v) is 6.42. The van der Waals surface area contributed by atoms with Gasteiger partial charge in [0, 0.05) is 6.54 Å². The minimum absolute atomic E-state index is 0.286. The summed E-state index contributed by atoms with van der Waals surface area (Å²) in [5.41, 5.74) is 7.74. The molecule has 1 rings (SSSR count). The number of nitrogens with two attached hydrogens (primary N) is 1. The van der Waals surface area contributed by atoms with Crippen LogP contribution in [0.2, 0.25) is 0 Å². The van der Waals surface area contributed by atoms with Crippen molar-refractivity contribution in [2.45, 2.75) is 32.8 Å². The third-order valence-electron chi connectivity index (χ3n) is 2.73. The molecule has 100 valence electrons. The van der Waals surface area contributed by atoms with Crippen LogP contribution in [0.3, 0.4) is 0 Å². The summed E-state index contributed by atoms with van der Waals surface area (Å²) in [5, 5.41) is 13.0. The van der Waals surface area contributed by atoms with Gasteiger partial charge in [-0.1, -0.05) is 43.2 Å². The van der Waals surface area contributed by atoms with E-state index in [4.69, 9.17) is 5.73 Å². The van der Waals surface area contributed by atoms with Gasteiger partial charge in [-0.25, -0.2) is 0 Å². The van der Waals surface area contributed by atoms with Gasteiger partial charge in [0.05, 0.1) is 12.6 Å². The van der Waals surface area contributed by atoms with Crippen molar-refractivity contribution in [1.82, 2.24) is 5.32 Å². The smallest absolute Gasteiger partial charge is 0.188 e. The van der Waals surface area contributed by atoms with E-state index in [0.717, 1.165) is 24.9 Å². The van der Waals surface area contributed by atoms with E-state index in [0.29, 0.717) is 5.96 Å². The number of hydrogen-bond acceptors (Lipinski definition) is 2. The number of aliphatic imine (C=N–C) groups is 1. The SMILES string of the molecule is CCCCNC(N)=NCC(O)c1ccc(C)cc1. The average molecular weight is 249 g/mol. The third-order valence-corrected chi connectivity index (χ3v) is 2.73. The fourth-order valence-electron chi connectivity index (χ4n) is 1.53. The Balaban J connectivity index is 2.42. The zero-order valence-corrected chi connectivity index (χ0v) is 11.2. The van der Waals surface area contributed by atoms with Crippen molar-refractivity contribution in [3.8, 4) is 0 Å². The monoisotopic (exact) mass is 249 g/mol. The van der Waals surface area contributed by atoms with E-state index in [1.54, 1.807) is 0 Å². The molecule has 18 heavy (non-hydrogen) atoms. The number of nitrogens with one attached hydrogen (secondary N) is 1. The Morgan fingerprint density at radius 3 is 2.67 bits per heavy atom. The first-order chi connectivity index (χ1) is 8.63. The van der Waals surface area contributed by atoms with Crippen LogP contribution in [0.1, 0.15) is 37.0 Å². The average Bonchev–Trinajstić information content (AvgIpc) is 2.37. The summed E-state index contributed by atoms with van der Waals surface area (Å²) in [7, 11) is 0. The number of nitrogens with zero attached hydrogens (tertiary/aromatic N) is 1. The van der Waals surface area contributed by atoms with E-state index in [1.165, 1.54) is 5.56 Å². The summed E-state index contributed by atoms with van der Waals surface area (Å²) in [6.07, 6.45) is 1.58. The zero-order valence-electron chi connectivity index (χ0n) is 11.2. The first kappa shape index (κ1) is 14.5. The highest BCUT2D eigenvalue weighted by atomic mass is 16.3. The number of unbranched alkanes of at least 4 members (excludes halogenated alkanes) is 1. The quantitative estimate of drug-likeness (QED) is 0.408. The van der Waals surface area contributed by atoms with Crippen molar-refractivity contribution in [1.29, 1.82) is 0 Å². The molecular formula is C14H23N3O. The lowest BCUT2D eigenvalue weighted by Gasteiger charge is -2.10. The summed E-state index contributed by atoms with van der Waals surface area (Å²) in [5.74, 6) is 0.398. The molecule has 0 saturated carbocycles. The molecule has 0 aromatic heterocycles. The molecule has 0 aliphatic rings. The minimum atomic E-state index is -0.600. The molecule has 0 fully saturated rings. The number of aliphatic hydroxyl groups excluding tert-OH is 1. The molecule has 1 aromatic carbocycles. The van der Waals surface area contributed by atoms with Gasteiger partial charge >= 0.3 is 0 Å². The Bertz CT molecular complexity index is 373. The van der Waals surface area contributed by atoms with Gasteiger partial charge in [0.2, 0.25) is 0 Å². The summed E-state index contributed by atoms with van der Waals surface area (Å²) in [6.45, 7) is 5.25. The van der Waals surface area contributed by atoms with Crippen LogP contribution in [0.25, 0.3) is 0 Å². The second-order valence-corrected chi connectivity index (χ2v) is 4.43. The molecule has 0 radical (unpaired) electrons. The van der Waals surface area contributed by atoms with E-state index < -0.39 is 6.10 Å². The highest BCUT2D eigenvalue weighted by Gasteiger charge is 2.06. The van der Waals surface area contributed by atoms with E-state index >= 15 is 0 Å². The van der Waals surface area contributed by atoms with Gasteiger partial charge in [-0.3, -0.25) is 4.99 Å². The number of aryl methyl sites for hydroxylation is 1. The molecule has 1 aromatic rings. The molecule has 4 nitrogen and oxygen atoms in total. The van der Waals surface area contributed by atoms with Crippen LogP contribution >= 0.6 is 0 Å². The highest BCUT2D eigenvalue weighted by Crippen LogP contribution is 2.13. The number of aliphatic hydroxyl groups is 1. The Kier molecular flexibility index (Phi) is 6.22. The summed E-state index contributed by atoms with van der Waals surface area (Å²) < 4.78 is 0. The predicted octanol–water partition coefficient (Wildman–Crippen LogP) is 1.73. The highest BCUT2D eigenvalue weighted by molar-refractivity contribution is 5.77. The van der Waals surface area contributed by atoms with E-state index in [9.17, 15) is 5.11 Å². The van der Waals surface area contributed by atoms with E-state index in [1.807, 2.05) is 31.2 Å². The largest absolute Gasteiger partial charge is 0.386 e. The van der Waals surface area contributed by atoms with Crippen LogP contribution in [0, 0.1) is 6.92 Å². The molecular weight excluding hydrogens is 226 g/mol. The molecule has 0 saturated heterocycles. The Morgan fingerprint density at radius 1 is 1.39 bits per heavy atom. The van der Waals surface area contributed by atoms with Gasteiger partial charge in [-0.2, -0.15) is 0 Å². The summed E-state index contributed by atoms with van der Waals surface area (Å²) >= 11 is 0. The van der Waals surface area contributed by atoms with Gasteiger partial charge in [0.25, 0.3) is 0 Å². The van der Waals surface area contributed by atoms with Crippen molar-refractivity contribution < 1.29 is 5.11 Å². The molecule has 0 bridgehead atoms. The molecule has 0 amide bonds. The van der Waals surface area contributed by atoms with Crippen LogP contribution in [-0.2, 0) is 0 Å². The van der Waals surface area contributed by atoms with E-state index in [2.05, 4.69) is 17.2 Å². The fraction of sp³-hybridized carbons (Fsp3) is 0.500. The molecule has 0 spiro atoms. The lowest BCUT2D eigenvalue weighted by molar-refractivity contribution is 0.187. The van der Waals surface area contributed by atoms with Gasteiger partial charge in [0.1, 0.15) is 0 Å². The molecule has 1 unspecified atom stereocenters. The van der Waals surface area contributed by atoms with Gasteiger partial charge < -0.3 is 16.2 Å². The number of benzene rings is 1. The normalized spacial score (nSPS) is 13.4. The second-order valence-electron chi connectivity index (χ2n) is 4.43. The number of hydrogen-bond donors (Lipinski definition) is 3. The Morgan fingerprint density at radius 2 is 2.06 bits per heavy atom. The summed E-state index contributed by atoms with van der Waals surface area (Å²) in [6, 6.07) is 7.78. The molecule has 0 aliphatic carbocycles. The molecule has 0 heterocycles. The van der Waals surface area contributed by atoms with Crippen molar-refractivity contribution in [2.24, 2.45) is 10.7 Å². The van der Waals surface area contributed by atoms with Crippen molar-refractivity contribution in [3.63, 3.8) is 0 Å². The van der Waals surface area contributed by atoms with Gasteiger partial charge in [0.15, 0.2) is 5.96 Å². The summed E-state index contributed by atoms with van der Waals surface area (Å²) in [4.78, 5) is 4.13. The van der Waals surface area contributed by atoms with Crippen molar-refractivity contribution in [3.05, 3.63) is 35.4 Å². The number of rotatable bonds is 6. The molecule has 0 aliphatic heterocycles. The zero-order chi connectivity index (χ0) is 13.4. The van der Waals surface area contributed by atoms with Gasteiger partial charge in [-0.05, 0) is 18.9 Å². The lowest BCUT2D eigenvalue weighted by atomic mass is 10.1. The molecule has 4 heteroatoms. The maximum atomic E-state index is 9.94. The molecule has 1 atom stereocenters. The van der Waals surface area contributed by atoms with Crippen LogP contribution in [-0.4, -0.2) is 24.2 Å². The maximum absolute atomic E-state index is 9.94. The third kappa shape index (κ3) is 5.19. The Labute approximate surface area is 109 Å². The maximum Gasteiger partial charge on any atom is 0.188 e.